The highest BCUT2D eigenvalue weighted by Gasteiger charge is 2.24. The molecule has 0 unspecified atom stereocenters. The summed E-state index contributed by atoms with van der Waals surface area (Å²) in [5, 5.41) is 10.1. The van der Waals surface area contributed by atoms with E-state index in [0.717, 1.165) is 32.5 Å². The first-order valence-electron chi connectivity index (χ1n) is 8.50. The monoisotopic (exact) mass is 281 g/mol. The third-order valence-corrected chi connectivity index (χ3v) is 4.71. The molecule has 1 saturated carbocycles. The molecule has 4 heteroatoms. The molecule has 0 aromatic rings. The molecule has 1 aliphatic heterocycles. The molecule has 1 aliphatic carbocycles. The molecule has 1 amide bonds. The van der Waals surface area contributed by atoms with Gasteiger partial charge in [-0.25, -0.2) is 0 Å². The lowest BCUT2D eigenvalue weighted by molar-refractivity contribution is -0.126. The predicted molar refractivity (Wildman–Crippen MR) is 82.7 cm³/mol. The summed E-state index contributed by atoms with van der Waals surface area (Å²) in [4.78, 5) is 12.1. The van der Waals surface area contributed by atoms with E-state index in [1.54, 1.807) is 0 Å². The molecule has 116 valence electrons. The Morgan fingerprint density at radius 2 is 1.85 bits per heavy atom. The SMILES string of the molecule is C[C@H]1C[C@@H](C(=O)NCCNC2CCCCCC2)CCN1. The van der Waals surface area contributed by atoms with Crippen molar-refractivity contribution in [1.82, 2.24) is 16.0 Å². The first-order chi connectivity index (χ1) is 9.75. The lowest BCUT2D eigenvalue weighted by Gasteiger charge is -2.27. The van der Waals surface area contributed by atoms with Crippen molar-refractivity contribution >= 4 is 5.91 Å². The maximum absolute atomic E-state index is 12.1. The van der Waals surface area contributed by atoms with Crippen LogP contribution in [0.3, 0.4) is 0 Å². The van der Waals surface area contributed by atoms with E-state index in [9.17, 15) is 4.79 Å². The molecule has 20 heavy (non-hydrogen) atoms. The Morgan fingerprint density at radius 1 is 1.10 bits per heavy atom. The highest BCUT2D eigenvalue weighted by Crippen LogP contribution is 2.17. The second kappa shape index (κ2) is 8.63. The van der Waals surface area contributed by atoms with Crippen molar-refractivity contribution in [3.05, 3.63) is 0 Å². The van der Waals surface area contributed by atoms with Crippen molar-refractivity contribution in [3.63, 3.8) is 0 Å². The van der Waals surface area contributed by atoms with Crippen molar-refractivity contribution in [1.29, 1.82) is 0 Å². The van der Waals surface area contributed by atoms with Gasteiger partial charge < -0.3 is 16.0 Å². The quantitative estimate of drug-likeness (QED) is 0.532. The summed E-state index contributed by atoms with van der Waals surface area (Å²) in [5.74, 6) is 0.463. The van der Waals surface area contributed by atoms with Crippen molar-refractivity contribution in [2.75, 3.05) is 19.6 Å². The van der Waals surface area contributed by atoms with Crippen LogP contribution in [0.5, 0.6) is 0 Å². The second-order valence-electron chi connectivity index (χ2n) is 6.51. The van der Waals surface area contributed by atoms with E-state index in [1.807, 2.05) is 0 Å². The predicted octanol–water partition coefficient (Wildman–Crippen LogP) is 1.80. The third kappa shape index (κ3) is 5.41. The maximum atomic E-state index is 12.1. The standard InChI is InChI=1S/C16H31N3O/c1-13-12-14(8-9-17-13)16(20)19-11-10-18-15-6-4-2-3-5-7-15/h13-15,17-18H,2-12H2,1H3,(H,19,20)/t13-,14-/m0/s1. The minimum atomic E-state index is 0.212. The molecular formula is C16H31N3O. The largest absolute Gasteiger partial charge is 0.355 e. The Hall–Kier alpha value is -0.610. The molecule has 2 atom stereocenters. The molecule has 0 spiro atoms. The Bertz CT molecular complexity index is 287. The Kier molecular flexibility index (Phi) is 6.80. The van der Waals surface area contributed by atoms with Crippen LogP contribution < -0.4 is 16.0 Å². The molecule has 1 heterocycles. The number of amides is 1. The smallest absolute Gasteiger partial charge is 0.223 e. The van der Waals surface area contributed by atoms with Crippen LogP contribution in [-0.4, -0.2) is 37.6 Å². The van der Waals surface area contributed by atoms with Gasteiger partial charge in [-0.2, -0.15) is 0 Å². The molecule has 1 saturated heterocycles. The van der Waals surface area contributed by atoms with Gasteiger partial charge in [0.2, 0.25) is 5.91 Å². The number of carbonyl (C=O) groups excluding carboxylic acids is 1. The molecule has 2 fully saturated rings. The normalized spacial score (nSPS) is 28.9. The highest BCUT2D eigenvalue weighted by atomic mass is 16.1. The fourth-order valence-electron chi connectivity index (χ4n) is 3.46. The average molecular weight is 281 g/mol. The van der Waals surface area contributed by atoms with Crippen molar-refractivity contribution in [2.45, 2.75) is 70.4 Å². The second-order valence-corrected chi connectivity index (χ2v) is 6.51. The van der Waals surface area contributed by atoms with Gasteiger partial charge >= 0.3 is 0 Å². The van der Waals surface area contributed by atoms with Crippen molar-refractivity contribution < 1.29 is 4.79 Å². The van der Waals surface area contributed by atoms with Gasteiger partial charge in [0.25, 0.3) is 0 Å². The first kappa shape index (κ1) is 15.8. The Balaban J connectivity index is 1.56. The van der Waals surface area contributed by atoms with Gasteiger partial charge in [0.05, 0.1) is 0 Å². The van der Waals surface area contributed by atoms with Crippen LogP contribution in [0, 0.1) is 5.92 Å². The fraction of sp³-hybridized carbons (Fsp3) is 0.938. The molecule has 4 nitrogen and oxygen atoms in total. The number of hydrogen-bond donors (Lipinski definition) is 3. The topological polar surface area (TPSA) is 53.2 Å². The van der Waals surface area contributed by atoms with Crippen LogP contribution in [-0.2, 0) is 4.79 Å². The number of hydrogen-bond acceptors (Lipinski definition) is 3. The van der Waals surface area contributed by atoms with E-state index in [0.29, 0.717) is 12.1 Å². The van der Waals surface area contributed by atoms with Gasteiger partial charge in [0, 0.05) is 31.1 Å². The molecule has 0 radical (unpaired) electrons. The lowest BCUT2D eigenvalue weighted by atomic mass is 9.92. The van der Waals surface area contributed by atoms with E-state index < -0.39 is 0 Å². The molecule has 0 aromatic heterocycles. The number of rotatable bonds is 5. The summed E-state index contributed by atoms with van der Waals surface area (Å²) in [5.41, 5.74) is 0. The van der Waals surface area contributed by atoms with Gasteiger partial charge in [-0.15, -0.1) is 0 Å². The summed E-state index contributed by atoms with van der Waals surface area (Å²) in [6.45, 7) is 4.82. The summed E-state index contributed by atoms with van der Waals surface area (Å²) >= 11 is 0. The minimum absolute atomic E-state index is 0.212. The zero-order valence-corrected chi connectivity index (χ0v) is 12.9. The third-order valence-electron chi connectivity index (χ3n) is 4.71. The zero-order chi connectivity index (χ0) is 14.2. The van der Waals surface area contributed by atoms with Crippen molar-refractivity contribution in [2.24, 2.45) is 5.92 Å². The molecule has 3 N–H and O–H groups in total. The van der Waals surface area contributed by atoms with Crippen LogP contribution >= 0.6 is 0 Å². The van der Waals surface area contributed by atoms with Gasteiger partial charge in [0.1, 0.15) is 0 Å². The molecule has 0 aromatic carbocycles. The summed E-state index contributed by atoms with van der Waals surface area (Å²) in [6.07, 6.45) is 10.1. The van der Waals surface area contributed by atoms with Crippen LogP contribution in [0.25, 0.3) is 0 Å². The van der Waals surface area contributed by atoms with Crippen molar-refractivity contribution in [3.8, 4) is 0 Å². The summed E-state index contributed by atoms with van der Waals surface area (Å²) in [7, 11) is 0. The first-order valence-corrected chi connectivity index (χ1v) is 8.50. The molecular weight excluding hydrogens is 250 g/mol. The van der Waals surface area contributed by atoms with E-state index in [-0.39, 0.29) is 11.8 Å². The van der Waals surface area contributed by atoms with Gasteiger partial charge in [-0.3, -0.25) is 4.79 Å². The molecule has 2 aliphatic rings. The van der Waals surface area contributed by atoms with Gasteiger partial charge in [-0.05, 0) is 39.2 Å². The number of piperidine rings is 1. The van der Waals surface area contributed by atoms with Crippen LogP contribution in [0.15, 0.2) is 0 Å². The lowest BCUT2D eigenvalue weighted by Crippen LogP contribution is -2.44. The Morgan fingerprint density at radius 3 is 2.55 bits per heavy atom. The van der Waals surface area contributed by atoms with E-state index in [4.69, 9.17) is 0 Å². The summed E-state index contributed by atoms with van der Waals surface area (Å²) in [6, 6.07) is 1.15. The molecule has 2 rings (SSSR count). The summed E-state index contributed by atoms with van der Waals surface area (Å²) < 4.78 is 0. The molecule has 0 bridgehead atoms. The van der Waals surface area contributed by atoms with Crippen LogP contribution in [0.1, 0.15) is 58.3 Å². The van der Waals surface area contributed by atoms with Crippen LogP contribution in [0.4, 0.5) is 0 Å². The zero-order valence-electron chi connectivity index (χ0n) is 12.9. The Labute approximate surface area is 123 Å². The van der Waals surface area contributed by atoms with E-state index >= 15 is 0 Å². The average Bonchev–Trinajstić information content (AvgIpc) is 2.72. The number of carbonyl (C=O) groups is 1. The van der Waals surface area contributed by atoms with E-state index in [2.05, 4.69) is 22.9 Å². The fourth-order valence-corrected chi connectivity index (χ4v) is 3.46. The van der Waals surface area contributed by atoms with Gasteiger partial charge in [-0.1, -0.05) is 25.7 Å². The van der Waals surface area contributed by atoms with E-state index in [1.165, 1.54) is 38.5 Å². The highest BCUT2D eigenvalue weighted by molar-refractivity contribution is 5.78. The minimum Gasteiger partial charge on any atom is -0.355 e. The van der Waals surface area contributed by atoms with Crippen LogP contribution in [0.2, 0.25) is 0 Å². The maximum Gasteiger partial charge on any atom is 0.223 e. The van der Waals surface area contributed by atoms with Gasteiger partial charge in [0.15, 0.2) is 0 Å². The number of nitrogens with one attached hydrogen (secondary N) is 3.